The molecule has 4 heteroatoms. The van der Waals surface area contributed by atoms with Gasteiger partial charge >= 0.3 is 5.97 Å². The molecule has 0 bridgehead atoms. The van der Waals surface area contributed by atoms with Gasteiger partial charge in [0.2, 0.25) is 0 Å². The third kappa shape index (κ3) is 4.53. The van der Waals surface area contributed by atoms with Gasteiger partial charge in [0.15, 0.2) is 11.5 Å². The van der Waals surface area contributed by atoms with Crippen LogP contribution in [0, 0.1) is 0 Å². The number of ether oxygens (including phenoxy) is 2. The van der Waals surface area contributed by atoms with Crippen molar-refractivity contribution in [3.63, 3.8) is 0 Å². The van der Waals surface area contributed by atoms with Gasteiger partial charge in [-0.25, -0.2) is 0 Å². The minimum atomic E-state index is -0.318. The van der Waals surface area contributed by atoms with Crippen LogP contribution < -0.4 is 4.74 Å². The molecular formula is C17H18O4. The maximum absolute atomic E-state index is 10.8. The largest absolute Gasteiger partial charge is 0.504 e. The van der Waals surface area contributed by atoms with Crippen molar-refractivity contribution < 1.29 is 19.4 Å². The van der Waals surface area contributed by atoms with Gasteiger partial charge in [-0.1, -0.05) is 42.5 Å². The van der Waals surface area contributed by atoms with Crippen LogP contribution in [0.2, 0.25) is 0 Å². The van der Waals surface area contributed by atoms with Crippen LogP contribution in [0.3, 0.4) is 0 Å². The maximum atomic E-state index is 10.8. The van der Waals surface area contributed by atoms with Crippen LogP contribution in [0.5, 0.6) is 11.5 Å². The lowest BCUT2D eigenvalue weighted by molar-refractivity contribution is -0.140. The van der Waals surface area contributed by atoms with Crippen molar-refractivity contribution in [2.24, 2.45) is 0 Å². The number of carbonyl (C=O) groups is 1. The summed E-state index contributed by atoms with van der Waals surface area (Å²) in [5.41, 5.74) is 1.83. The van der Waals surface area contributed by atoms with E-state index in [0.717, 1.165) is 11.1 Å². The molecule has 4 nitrogen and oxygen atoms in total. The van der Waals surface area contributed by atoms with Gasteiger partial charge in [-0.2, -0.15) is 0 Å². The second-order valence-electron chi connectivity index (χ2n) is 4.63. The first kappa shape index (κ1) is 14.9. The molecule has 2 rings (SSSR count). The molecule has 0 saturated carbocycles. The van der Waals surface area contributed by atoms with Gasteiger partial charge in [0.25, 0.3) is 0 Å². The van der Waals surface area contributed by atoms with Crippen molar-refractivity contribution in [2.45, 2.75) is 20.0 Å². The fourth-order valence-electron chi connectivity index (χ4n) is 1.97. The minimum absolute atomic E-state index is 0.0891. The Kier molecular flexibility index (Phi) is 5.21. The van der Waals surface area contributed by atoms with Crippen molar-refractivity contribution in [1.29, 1.82) is 0 Å². The number of phenols is 1. The summed E-state index contributed by atoms with van der Waals surface area (Å²) in [4.78, 5) is 10.8. The molecule has 0 saturated heterocycles. The van der Waals surface area contributed by atoms with Crippen LogP contribution in [-0.4, -0.2) is 17.7 Å². The summed E-state index contributed by atoms with van der Waals surface area (Å²) in [6, 6.07) is 14.9. The number of hydrogen-bond donors (Lipinski definition) is 1. The zero-order chi connectivity index (χ0) is 15.1. The van der Waals surface area contributed by atoms with Crippen LogP contribution in [0.4, 0.5) is 0 Å². The number of carbonyl (C=O) groups excluding carboxylic acids is 1. The lowest BCUT2D eigenvalue weighted by Crippen LogP contribution is -2.05. The van der Waals surface area contributed by atoms with Crippen molar-refractivity contribution in [3.05, 3.63) is 59.7 Å². The molecule has 0 atom stereocenters. The molecule has 0 heterocycles. The van der Waals surface area contributed by atoms with E-state index in [0.29, 0.717) is 18.8 Å². The SMILES string of the molecule is CC(=O)OCCc1cccc(O)c1OCc1ccccc1. The van der Waals surface area contributed by atoms with Gasteiger partial charge in [-0.15, -0.1) is 0 Å². The van der Waals surface area contributed by atoms with Gasteiger partial charge in [0.05, 0.1) is 6.61 Å². The summed E-state index contributed by atoms with van der Waals surface area (Å²) in [6.07, 6.45) is 0.498. The van der Waals surface area contributed by atoms with Crippen LogP contribution in [0.15, 0.2) is 48.5 Å². The van der Waals surface area contributed by atoms with Gasteiger partial charge in [-0.05, 0) is 11.6 Å². The average Bonchev–Trinajstić information content (AvgIpc) is 2.47. The standard InChI is InChI=1S/C17H18O4/c1-13(18)20-11-10-15-8-5-9-16(19)17(15)21-12-14-6-3-2-4-7-14/h2-9,19H,10-12H2,1H3. The van der Waals surface area contributed by atoms with Crippen molar-refractivity contribution in [2.75, 3.05) is 6.61 Å². The summed E-state index contributed by atoms with van der Waals surface area (Å²) in [7, 11) is 0. The highest BCUT2D eigenvalue weighted by Crippen LogP contribution is 2.31. The molecule has 0 amide bonds. The predicted octanol–water partition coefficient (Wildman–Crippen LogP) is 3.08. The highest BCUT2D eigenvalue weighted by atomic mass is 16.5. The van der Waals surface area contributed by atoms with E-state index in [1.54, 1.807) is 12.1 Å². The van der Waals surface area contributed by atoms with E-state index in [4.69, 9.17) is 9.47 Å². The molecular weight excluding hydrogens is 268 g/mol. The summed E-state index contributed by atoms with van der Waals surface area (Å²) in [5.74, 6) is 0.210. The number of phenolic OH excluding ortho intramolecular Hbond substituents is 1. The molecule has 2 aromatic carbocycles. The molecule has 21 heavy (non-hydrogen) atoms. The summed E-state index contributed by atoms with van der Waals surface area (Å²) in [5, 5.41) is 9.95. The monoisotopic (exact) mass is 286 g/mol. The Morgan fingerprint density at radius 1 is 1.10 bits per heavy atom. The van der Waals surface area contributed by atoms with Gasteiger partial charge in [0.1, 0.15) is 6.61 Å². The van der Waals surface area contributed by atoms with E-state index >= 15 is 0 Å². The first-order valence-corrected chi connectivity index (χ1v) is 6.78. The molecule has 0 unspecified atom stereocenters. The van der Waals surface area contributed by atoms with Gasteiger partial charge < -0.3 is 14.6 Å². The van der Waals surface area contributed by atoms with E-state index in [2.05, 4.69) is 0 Å². The van der Waals surface area contributed by atoms with Crippen LogP contribution in [0.25, 0.3) is 0 Å². The lowest BCUT2D eigenvalue weighted by Gasteiger charge is -2.13. The smallest absolute Gasteiger partial charge is 0.302 e. The molecule has 0 aliphatic rings. The minimum Gasteiger partial charge on any atom is -0.504 e. The second-order valence-corrected chi connectivity index (χ2v) is 4.63. The van der Waals surface area contributed by atoms with E-state index in [1.165, 1.54) is 6.92 Å². The molecule has 110 valence electrons. The molecule has 0 aliphatic heterocycles. The highest BCUT2D eigenvalue weighted by Gasteiger charge is 2.10. The number of aromatic hydroxyl groups is 1. The number of esters is 1. The Balaban J connectivity index is 2.05. The van der Waals surface area contributed by atoms with Crippen molar-refractivity contribution >= 4 is 5.97 Å². The molecule has 1 N–H and O–H groups in total. The number of rotatable bonds is 6. The maximum Gasteiger partial charge on any atom is 0.302 e. The quantitative estimate of drug-likeness (QED) is 0.829. The molecule has 2 aromatic rings. The Bertz CT molecular complexity index is 593. The zero-order valence-electron chi connectivity index (χ0n) is 11.9. The molecule has 0 spiro atoms. The van der Waals surface area contributed by atoms with Crippen LogP contribution in [-0.2, 0) is 22.6 Å². The average molecular weight is 286 g/mol. The van der Waals surface area contributed by atoms with Gasteiger partial charge in [-0.3, -0.25) is 4.79 Å². The number of para-hydroxylation sites is 1. The van der Waals surface area contributed by atoms with Crippen LogP contribution in [0.1, 0.15) is 18.1 Å². The summed E-state index contributed by atoms with van der Waals surface area (Å²) in [6.45, 7) is 2.01. The first-order chi connectivity index (χ1) is 10.2. The van der Waals surface area contributed by atoms with E-state index < -0.39 is 0 Å². The van der Waals surface area contributed by atoms with Crippen molar-refractivity contribution in [3.8, 4) is 11.5 Å². The second kappa shape index (κ2) is 7.33. The predicted molar refractivity (Wildman–Crippen MR) is 79.2 cm³/mol. The molecule has 0 aliphatic carbocycles. The highest BCUT2D eigenvalue weighted by molar-refractivity contribution is 5.65. The Morgan fingerprint density at radius 3 is 2.57 bits per heavy atom. The Labute approximate surface area is 123 Å². The Morgan fingerprint density at radius 2 is 1.86 bits per heavy atom. The molecule has 0 aromatic heterocycles. The third-order valence-corrected chi connectivity index (χ3v) is 2.98. The third-order valence-electron chi connectivity index (χ3n) is 2.98. The number of hydrogen-bond acceptors (Lipinski definition) is 4. The first-order valence-electron chi connectivity index (χ1n) is 6.78. The van der Waals surface area contributed by atoms with E-state index in [-0.39, 0.29) is 18.3 Å². The summed E-state index contributed by atoms with van der Waals surface area (Å²) < 4.78 is 10.6. The normalized spacial score (nSPS) is 10.1. The molecule has 0 radical (unpaired) electrons. The number of benzene rings is 2. The van der Waals surface area contributed by atoms with Crippen LogP contribution >= 0.6 is 0 Å². The topological polar surface area (TPSA) is 55.8 Å². The fourth-order valence-corrected chi connectivity index (χ4v) is 1.97. The van der Waals surface area contributed by atoms with Crippen molar-refractivity contribution in [1.82, 2.24) is 0 Å². The fraction of sp³-hybridized carbons (Fsp3) is 0.235. The Hall–Kier alpha value is -2.49. The molecule has 0 fully saturated rings. The summed E-state index contributed by atoms with van der Waals surface area (Å²) >= 11 is 0. The van der Waals surface area contributed by atoms with Gasteiger partial charge in [0, 0.05) is 18.9 Å². The zero-order valence-corrected chi connectivity index (χ0v) is 11.9. The van der Waals surface area contributed by atoms with E-state index in [9.17, 15) is 9.90 Å². The van der Waals surface area contributed by atoms with E-state index in [1.807, 2.05) is 36.4 Å². The lowest BCUT2D eigenvalue weighted by atomic mass is 10.1.